The standard InChI is InChI=1S/C14H15NO3S/c1-8-14(19-9(2)15-8)7-13(17)11-5-4-10(18-3)6-12(11)16/h4-6,16H,7H2,1-3H3. The van der Waals surface area contributed by atoms with Crippen molar-refractivity contribution in [2.24, 2.45) is 0 Å². The van der Waals surface area contributed by atoms with Crippen LogP contribution in [-0.2, 0) is 6.42 Å². The molecule has 2 aromatic rings. The third kappa shape index (κ3) is 2.93. The molecule has 0 saturated carbocycles. The maximum Gasteiger partial charge on any atom is 0.171 e. The molecule has 0 fully saturated rings. The van der Waals surface area contributed by atoms with Gasteiger partial charge in [0.25, 0.3) is 0 Å². The van der Waals surface area contributed by atoms with Crippen molar-refractivity contribution in [2.45, 2.75) is 20.3 Å². The number of ketones is 1. The average molecular weight is 277 g/mol. The molecule has 2 rings (SSSR count). The first-order valence-corrected chi connectivity index (χ1v) is 6.66. The predicted molar refractivity (Wildman–Crippen MR) is 74.3 cm³/mol. The summed E-state index contributed by atoms with van der Waals surface area (Å²) in [5.41, 5.74) is 1.19. The number of benzene rings is 1. The van der Waals surface area contributed by atoms with Gasteiger partial charge >= 0.3 is 0 Å². The Bertz CT molecular complexity index is 619. The van der Waals surface area contributed by atoms with Gasteiger partial charge in [-0.2, -0.15) is 0 Å². The fraction of sp³-hybridized carbons (Fsp3) is 0.286. The Kier molecular flexibility index (Phi) is 3.85. The first-order valence-electron chi connectivity index (χ1n) is 5.84. The first-order chi connectivity index (χ1) is 9.01. The fourth-order valence-corrected chi connectivity index (χ4v) is 2.79. The lowest BCUT2D eigenvalue weighted by Gasteiger charge is -2.05. The number of nitrogens with zero attached hydrogens (tertiary/aromatic N) is 1. The number of methoxy groups -OCH3 is 1. The topological polar surface area (TPSA) is 59.4 Å². The van der Waals surface area contributed by atoms with Crippen LogP contribution in [0.4, 0.5) is 0 Å². The van der Waals surface area contributed by atoms with Crippen LogP contribution in [0, 0.1) is 13.8 Å². The molecular formula is C14H15NO3S. The van der Waals surface area contributed by atoms with Crippen molar-refractivity contribution >= 4 is 17.1 Å². The third-order valence-corrected chi connectivity index (χ3v) is 3.90. The van der Waals surface area contributed by atoms with Crippen molar-refractivity contribution in [3.63, 3.8) is 0 Å². The van der Waals surface area contributed by atoms with E-state index in [1.165, 1.54) is 24.5 Å². The number of aryl methyl sites for hydroxylation is 2. The van der Waals surface area contributed by atoms with Gasteiger partial charge in [-0.05, 0) is 26.0 Å². The van der Waals surface area contributed by atoms with Crippen molar-refractivity contribution in [1.29, 1.82) is 0 Å². The van der Waals surface area contributed by atoms with E-state index < -0.39 is 0 Å². The molecule has 0 atom stereocenters. The zero-order valence-corrected chi connectivity index (χ0v) is 11.9. The quantitative estimate of drug-likeness (QED) is 0.873. The Hall–Kier alpha value is -1.88. The van der Waals surface area contributed by atoms with Crippen LogP contribution >= 0.6 is 11.3 Å². The van der Waals surface area contributed by atoms with Crippen LogP contribution in [0.3, 0.4) is 0 Å². The van der Waals surface area contributed by atoms with E-state index in [1.807, 2.05) is 13.8 Å². The number of carbonyl (C=O) groups is 1. The average Bonchev–Trinajstić information content (AvgIpc) is 2.67. The van der Waals surface area contributed by atoms with Gasteiger partial charge in [-0.25, -0.2) is 4.98 Å². The van der Waals surface area contributed by atoms with Crippen LogP contribution in [0.25, 0.3) is 0 Å². The Morgan fingerprint density at radius 1 is 1.42 bits per heavy atom. The van der Waals surface area contributed by atoms with Crippen molar-refractivity contribution in [2.75, 3.05) is 7.11 Å². The Balaban J connectivity index is 2.23. The van der Waals surface area contributed by atoms with Gasteiger partial charge < -0.3 is 9.84 Å². The summed E-state index contributed by atoms with van der Waals surface area (Å²) in [5, 5.41) is 10.8. The first kappa shape index (κ1) is 13.5. The second kappa shape index (κ2) is 5.40. The zero-order valence-electron chi connectivity index (χ0n) is 11.1. The summed E-state index contributed by atoms with van der Waals surface area (Å²) in [6.07, 6.45) is 0.261. The summed E-state index contributed by atoms with van der Waals surface area (Å²) < 4.78 is 4.99. The molecule has 100 valence electrons. The molecule has 0 spiro atoms. The molecule has 0 amide bonds. The molecule has 0 radical (unpaired) electrons. The summed E-state index contributed by atoms with van der Waals surface area (Å²) in [4.78, 5) is 17.4. The minimum absolute atomic E-state index is 0.0526. The third-order valence-electron chi connectivity index (χ3n) is 2.83. The number of aromatic nitrogens is 1. The highest BCUT2D eigenvalue weighted by atomic mass is 32.1. The van der Waals surface area contributed by atoms with Crippen molar-refractivity contribution < 1.29 is 14.6 Å². The van der Waals surface area contributed by atoms with Crippen molar-refractivity contribution in [3.8, 4) is 11.5 Å². The SMILES string of the molecule is COc1ccc(C(=O)Cc2sc(C)nc2C)c(O)c1. The minimum Gasteiger partial charge on any atom is -0.507 e. The highest BCUT2D eigenvalue weighted by Crippen LogP contribution is 2.26. The summed E-state index contributed by atoms with van der Waals surface area (Å²) in [6, 6.07) is 4.69. The molecule has 0 unspecified atom stereocenters. The normalized spacial score (nSPS) is 10.5. The highest BCUT2D eigenvalue weighted by Gasteiger charge is 2.15. The van der Waals surface area contributed by atoms with Gasteiger partial charge in [0.15, 0.2) is 5.78 Å². The monoisotopic (exact) mass is 277 g/mol. The van der Waals surface area contributed by atoms with E-state index in [4.69, 9.17) is 4.74 Å². The van der Waals surface area contributed by atoms with E-state index in [1.54, 1.807) is 12.1 Å². The van der Waals surface area contributed by atoms with Crippen LogP contribution in [0.2, 0.25) is 0 Å². The number of rotatable bonds is 4. The van der Waals surface area contributed by atoms with Crippen molar-refractivity contribution in [3.05, 3.63) is 39.3 Å². The number of aromatic hydroxyl groups is 1. The number of hydrogen-bond acceptors (Lipinski definition) is 5. The lowest BCUT2D eigenvalue weighted by atomic mass is 10.1. The number of carbonyl (C=O) groups excluding carboxylic acids is 1. The molecule has 1 heterocycles. The molecule has 0 saturated heterocycles. The largest absolute Gasteiger partial charge is 0.507 e. The van der Waals surface area contributed by atoms with Gasteiger partial charge in [-0.1, -0.05) is 0 Å². The number of hydrogen-bond donors (Lipinski definition) is 1. The Labute approximate surface area is 115 Å². The molecule has 19 heavy (non-hydrogen) atoms. The van der Waals surface area contributed by atoms with Crippen LogP contribution in [0.1, 0.15) is 25.9 Å². The number of Topliss-reactive ketones (excluding diaryl/α,β-unsaturated/α-hetero) is 1. The van der Waals surface area contributed by atoms with Crippen LogP contribution in [-0.4, -0.2) is 23.0 Å². The highest BCUT2D eigenvalue weighted by molar-refractivity contribution is 7.11. The van der Waals surface area contributed by atoms with Crippen LogP contribution in [0.15, 0.2) is 18.2 Å². The summed E-state index contributed by atoms with van der Waals surface area (Å²) in [7, 11) is 1.51. The molecule has 4 nitrogen and oxygen atoms in total. The Morgan fingerprint density at radius 3 is 2.68 bits per heavy atom. The maximum absolute atomic E-state index is 12.2. The smallest absolute Gasteiger partial charge is 0.171 e. The van der Waals surface area contributed by atoms with Gasteiger partial charge in [0, 0.05) is 17.4 Å². The van der Waals surface area contributed by atoms with E-state index in [0.29, 0.717) is 11.3 Å². The molecule has 5 heteroatoms. The lowest BCUT2D eigenvalue weighted by Crippen LogP contribution is -2.04. The molecule has 0 aliphatic carbocycles. The summed E-state index contributed by atoms with van der Waals surface area (Å²) >= 11 is 1.51. The van der Waals surface area contributed by atoms with Gasteiger partial charge in [-0.3, -0.25) is 4.79 Å². The van der Waals surface area contributed by atoms with E-state index in [2.05, 4.69) is 4.98 Å². The predicted octanol–water partition coefficient (Wildman–Crippen LogP) is 2.90. The number of ether oxygens (including phenoxy) is 1. The lowest BCUT2D eigenvalue weighted by molar-refractivity contribution is 0.0991. The summed E-state index contributed by atoms with van der Waals surface area (Å²) in [6.45, 7) is 3.80. The Morgan fingerprint density at radius 2 is 2.16 bits per heavy atom. The molecular weight excluding hydrogens is 262 g/mol. The van der Waals surface area contributed by atoms with E-state index >= 15 is 0 Å². The van der Waals surface area contributed by atoms with Crippen LogP contribution < -0.4 is 4.74 Å². The molecule has 0 bridgehead atoms. The molecule has 0 aliphatic rings. The van der Waals surface area contributed by atoms with Crippen molar-refractivity contribution in [1.82, 2.24) is 4.98 Å². The van der Waals surface area contributed by atoms with E-state index in [0.717, 1.165) is 15.6 Å². The number of thiazole rings is 1. The van der Waals surface area contributed by atoms with Gasteiger partial charge in [0.1, 0.15) is 11.5 Å². The van der Waals surface area contributed by atoms with Gasteiger partial charge in [-0.15, -0.1) is 11.3 Å². The van der Waals surface area contributed by atoms with E-state index in [9.17, 15) is 9.90 Å². The molecule has 1 aromatic heterocycles. The second-order valence-corrected chi connectivity index (χ2v) is 5.51. The molecule has 1 N–H and O–H groups in total. The van der Waals surface area contributed by atoms with Gasteiger partial charge in [0.2, 0.25) is 0 Å². The van der Waals surface area contributed by atoms with Gasteiger partial charge in [0.05, 0.1) is 23.4 Å². The number of phenolic OH excluding ortho intramolecular Hbond substituents is 1. The molecule has 1 aromatic carbocycles. The molecule has 0 aliphatic heterocycles. The van der Waals surface area contributed by atoms with E-state index in [-0.39, 0.29) is 18.0 Å². The number of phenols is 1. The fourth-order valence-electron chi connectivity index (χ4n) is 1.85. The van der Waals surface area contributed by atoms with Crippen LogP contribution in [0.5, 0.6) is 11.5 Å². The summed E-state index contributed by atoms with van der Waals surface area (Å²) in [5.74, 6) is 0.356. The zero-order chi connectivity index (χ0) is 14.0. The minimum atomic E-state index is -0.119. The maximum atomic E-state index is 12.2. The second-order valence-electron chi connectivity index (χ2n) is 4.22.